The van der Waals surface area contributed by atoms with E-state index in [9.17, 15) is 19.9 Å². The number of methoxy groups -OCH3 is 2. The number of para-hydroxylation sites is 1. The maximum Gasteiger partial charge on any atom is 0.353 e. The second-order valence-corrected chi connectivity index (χ2v) is 22.2. The summed E-state index contributed by atoms with van der Waals surface area (Å²) >= 11 is 0. The van der Waals surface area contributed by atoms with Crippen molar-refractivity contribution in [2.45, 2.75) is 119 Å². The van der Waals surface area contributed by atoms with Crippen molar-refractivity contribution < 1.29 is 48.0 Å². The molecule has 67 heavy (non-hydrogen) atoms. The Balaban J connectivity index is 1.31. The largest absolute Gasteiger partial charge is 0.496 e. The summed E-state index contributed by atoms with van der Waals surface area (Å²) in [5, 5.41) is 42.7. The summed E-state index contributed by atoms with van der Waals surface area (Å²) in [6.45, 7) is 14.5. The number of likely N-dealkylation sites (N-methyl/N-ethyl adjacent to an activating group) is 1. The monoisotopic (exact) mass is 943 g/mol. The lowest BCUT2D eigenvalue weighted by atomic mass is 9.47. The van der Waals surface area contributed by atoms with Crippen molar-refractivity contribution in [2.75, 3.05) is 72.1 Å². The summed E-state index contributed by atoms with van der Waals surface area (Å²) in [5.41, 5.74) is -2.38. The lowest BCUT2D eigenvalue weighted by molar-refractivity contribution is -0.203. The number of aromatic nitrogens is 1. The van der Waals surface area contributed by atoms with E-state index in [1.165, 1.54) is 13.2 Å². The fourth-order valence-electron chi connectivity index (χ4n) is 14.3. The highest BCUT2D eigenvalue weighted by Gasteiger charge is 2.79. The Morgan fingerprint density at radius 3 is 2.45 bits per heavy atom. The van der Waals surface area contributed by atoms with E-state index in [4.69, 9.17) is 18.5 Å². The number of aliphatic hydroxyl groups is 3. The minimum absolute atomic E-state index is 0.0105. The van der Waals surface area contributed by atoms with Crippen LogP contribution in [0.25, 0.3) is 10.9 Å². The Bertz CT molecular complexity index is 2510. The Morgan fingerprint density at radius 1 is 1.03 bits per heavy atom. The van der Waals surface area contributed by atoms with E-state index < -0.39 is 64.8 Å². The number of fused-ring (bicyclic) bond motifs is 6. The van der Waals surface area contributed by atoms with Crippen LogP contribution in [0.4, 0.5) is 5.69 Å². The topological polar surface area (TPSA) is 186 Å². The summed E-state index contributed by atoms with van der Waals surface area (Å²) in [6.07, 6.45) is 6.77. The molecule has 6 aliphatic rings. The molecule has 3 aromatic rings. The highest BCUT2D eigenvalue weighted by atomic mass is 31.2. The van der Waals surface area contributed by atoms with Gasteiger partial charge in [-0.1, -0.05) is 50.3 Å². The molecule has 6 heterocycles. The molecule has 1 spiro atoms. The molecule has 2 aromatic carbocycles. The van der Waals surface area contributed by atoms with Crippen LogP contribution in [0.15, 0.2) is 61.2 Å². The molecule has 5 aliphatic heterocycles. The van der Waals surface area contributed by atoms with Crippen LogP contribution in [0.2, 0.25) is 0 Å². The van der Waals surface area contributed by atoms with Gasteiger partial charge >= 0.3 is 13.6 Å². The molecule has 1 amide bonds. The normalized spacial score (nSPS) is 34.8. The number of nitrogens with one attached hydrogen (secondary N) is 2. The quantitative estimate of drug-likeness (QED) is 0.0773. The molecule has 2 bridgehead atoms. The SMILES string of the molecule is C=CC[C@H](NC(=O)[C@@]1(O)[C@H](O)[C@]2(CC)C=CCN3CC[C@@]4(c5cc([C@@]6(C(=O)OC)C[C@@H]7CN(CCc8c6[nH]c6ccccc86)C[C@](O)(CC)C7)c(OC)cc5N(C)[C@@H]14)[C@@H]32)P(=O)(OCC)OCC. The van der Waals surface area contributed by atoms with E-state index >= 15 is 9.59 Å². The first-order valence-electron chi connectivity index (χ1n) is 24.3. The van der Waals surface area contributed by atoms with Gasteiger partial charge in [-0.05, 0) is 94.5 Å². The molecule has 364 valence electrons. The standard InChI is InChI=1S/C51H70N5O10P/c1-9-17-40(67(62,65-12-4)66-13-5)53-45(58)51(61)43-49(22-25-56-23-16-21-48(11-3,42(49)56)44(51)57)35-26-36(39(63-7)27-38(35)54(43)6)50(46(59)64-8)29-32-28-47(60,10-2)31-55(30-32)24-20-34-33-18-14-15-19-37(33)52-41(34)50/h9,14-16,18-19,21,26-27,32,40,42-44,52,57,60-61H,1,10-13,17,20,22-25,28-31H2,2-8H3,(H,53,58)/t32-,40-,42+,43-,44-,47+,48-,49-,50+,51+/m1/s1. The number of esters is 1. The average Bonchev–Trinajstić information content (AvgIpc) is 3.98. The molecule has 1 aromatic heterocycles. The van der Waals surface area contributed by atoms with Gasteiger partial charge in [0, 0.05) is 84.0 Å². The zero-order valence-electron chi connectivity index (χ0n) is 40.2. The Hall–Kier alpha value is -4.05. The molecular formula is C51H70N5O10P. The number of anilines is 1. The predicted molar refractivity (Wildman–Crippen MR) is 256 cm³/mol. The lowest BCUT2D eigenvalue weighted by Crippen LogP contribution is -2.82. The van der Waals surface area contributed by atoms with Gasteiger partial charge in [-0.15, -0.1) is 6.58 Å². The summed E-state index contributed by atoms with van der Waals surface area (Å²) < 4.78 is 38.3. The van der Waals surface area contributed by atoms with Gasteiger partial charge in [-0.3, -0.25) is 24.0 Å². The maximum absolute atomic E-state index is 15.5. The molecule has 9 rings (SSSR count). The van der Waals surface area contributed by atoms with Crippen LogP contribution in [-0.2, 0) is 45.2 Å². The smallest absolute Gasteiger partial charge is 0.353 e. The van der Waals surface area contributed by atoms with Crippen LogP contribution < -0.4 is 15.0 Å². The molecule has 1 unspecified atom stereocenters. The number of carbonyl (C=O) groups is 2. The predicted octanol–water partition coefficient (Wildman–Crippen LogP) is 5.53. The van der Waals surface area contributed by atoms with E-state index in [-0.39, 0.29) is 31.6 Å². The van der Waals surface area contributed by atoms with E-state index in [2.05, 4.69) is 38.8 Å². The van der Waals surface area contributed by atoms with Crippen molar-refractivity contribution in [3.05, 3.63) is 83.6 Å². The third-order valence-corrected chi connectivity index (χ3v) is 19.2. The summed E-state index contributed by atoms with van der Waals surface area (Å²) in [7, 11) is 0.843. The number of rotatable bonds is 14. The van der Waals surface area contributed by atoms with Crippen molar-refractivity contribution in [1.29, 1.82) is 0 Å². The number of hydrogen-bond donors (Lipinski definition) is 5. The Kier molecular flexibility index (Phi) is 12.5. The van der Waals surface area contributed by atoms with Gasteiger partial charge in [0.15, 0.2) is 5.60 Å². The number of H-pyrrole nitrogens is 1. The first-order valence-corrected chi connectivity index (χ1v) is 25.9. The molecule has 15 nitrogen and oxygen atoms in total. The van der Waals surface area contributed by atoms with Gasteiger partial charge in [0.05, 0.1) is 39.1 Å². The van der Waals surface area contributed by atoms with Gasteiger partial charge in [0.2, 0.25) is 0 Å². The molecule has 0 radical (unpaired) electrons. The Morgan fingerprint density at radius 2 is 1.78 bits per heavy atom. The molecular weight excluding hydrogens is 874 g/mol. The van der Waals surface area contributed by atoms with Gasteiger partial charge in [0.1, 0.15) is 23.1 Å². The van der Waals surface area contributed by atoms with Crippen LogP contribution in [0.3, 0.4) is 0 Å². The van der Waals surface area contributed by atoms with Crippen molar-refractivity contribution in [1.82, 2.24) is 20.1 Å². The molecule has 2 saturated heterocycles. The number of aromatic amines is 1. The number of amides is 1. The first kappa shape index (κ1) is 48.0. The van der Waals surface area contributed by atoms with Crippen molar-refractivity contribution in [2.24, 2.45) is 11.3 Å². The van der Waals surface area contributed by atoms with E-state index in [0.29, 0.717) is 88.2 Å². The zero-order chi connectivity index (χ0) is 47.9. The molecule has 16 heteroatoms. The number of nitrogens with zero attached hydrogens (tertiary/aromatic N) is 3. The Labute approximate surface area is 394 Å². The average molecular weight is 944 g/mol. The maximum atomic E-state index is 15.5. The number of carbonyl (C=O) groups excluding carboxylic acids is 2. The molecule has 1 aliphatic carbocycles. The van der Waals surface area contributed by atoms with Gasteiger partial charge in [-0.2, -0.15) is 0 Å². The summed E-state index contributed by atoms with van der Waals surface area (Å²) in [6, 6.07) is 10.7. The molecule has 5 N–H and O–H groups in total. The minimum atomic E-state index is -4.00. The highest BCUT2D eigenvalue weighted by molar-refractivity contribution is 7.54. The third kappa shape index (κ3) is 6.80. The van der Waals surface area contributed by atoms with Crippen molar-refractivity contribution in [3.8, 4) is 5.75 Å². The lowest BCUT2D eigenvalue weighted by Gasteiger charge is -2.63. The van der Waals surface area contributed by atoms with Crippen LogP contribution in [-0.4, -0.2) is 144 Å². The second kappa shape index (κ2) is 17.4. The van der Waals surface area contributed by atoms with Crippen molar-refractivity contribution in [3.63, 3.8) is 0 Å². The minimum Gasteiger partial charge on any atom is -0.496 e. The molecule has 1 saturated carbocycles. The van der Waals surface area contributed by atoms with Crippen molar-refractivity contribution >= 4 is 36.1 Å². The number of hydrogen-bond acceptors (Lipinski definition) is 13. The summed E-state index contributed by atoms with van der Waals surface area (Å²) in [4.78, 5) is 41.3. The number of benzene rings is 2. The van der Waals surface area contributed by atoms with Crippen LogP contribution in [0.5, 0.6) is 5.75 Å². The highest BCUT2D eigenvalue weighted by Crippen LogP contribution is 2.68. The first-order chi connectivity index (χ1) is 32.1. The van der Waals surface area contributed by atoms with Crippen LogP contribution in [0, 0.1) is 11.3 Å². The number of ether oxygens (including phenoxy) is 2. The van der Waals surface area contributed by atoms with E-state index in [1.807, 2.05) is 62.2 Å². The summed E-state index contributed by atoms with van der Waals surface area (Å²) in [5.74, 6) is -2.29. The molecule has 11 atom stereocenters. The second-order valence-electron chi connectivity index (χ2n) is 20.0. The fraction of sp³-hybridized carbons (Fsp3) is 0.608. The molecule has 3 fully saturated rings. The van der Waals surface area contributed by atoms with Crippen LogP contribution in [0.1, 0.15) is 88.6 Å². The fourth-order valence-corrected chi connectivity index (χ4v) is 16.1. The third-order valence-electron chi connectivity index (χ3n) is 16.9. The van der Waals surface area contributed by atoms with Gasteiger partial charge < -0.3 is 49.0 Å². The van der Waals surface area contributed by atoms with E-state index in [1.54, 1.807) is 21.0 Å². The van der Waals surface area contributed by atoms with Crippen LogP contribution >= 0.6 is 7.60 Å². The van der Waals surface area contributed by atoms with E-state index in [0.717, 1.165) is 27.7 Å². The van der Waals surface area contributed by atoms with Gasteiger partial charge in [-0.25, -0.2) is 0 Å². The zero-order valence-corrected chi connectivity index (χ0v) is 41.1. The van der Waals surface area contributed by atoms with Gasteiger partial charge in [0.25, 0.3) is 5.91 Å². The number of piperidine rings is 1. The number of aliphatic hydroxyl groups excluding tert-OH is 1.